The number of hydrogen-bond acceptors (Lipinski definition) is 1. The molecule has 0 rings (SSSR count). The highest BCUT2D eigenvalue weighted by Crippen LogP contribution is 2.04. The Bertz CT molecular complexity index is 130. The summed E-state index contributed by atoms with van der Waals surface area (Å²) in [5.41, 5.74) is 0. The van der Waals surface area contributed by atoms with Crippen molar-refractivity contribution in [2.45, 2.75) is 46.0 Å². The van der Waals surface area contributed by atoms with Gasteiger partial charge in [0.25, 0.3) is 0 Å². The Labute approximate surface area is 82.3 Å². The van der Waals surface area contributed by atoms with Crippen molar-refractivity contribution in [3.05, 3.63) is 6.92 Å². The molecule has 1 amide bonds. The molecule has 2 heteroatoms. The Balaban J connectivity index is 3.48. The zero-order valence-corrected chi connectivity index (χ0v) is 9.01. The lowest BCUT2D eigenvalue weighted by atomic mass is 10.1. The Hall–Kier alpha value is -0.530. The van der Waals surface area contributed by atoms with Gasteiger partial charge in [-0.1, -0.05) is 26.2 Å². The van der Waals surface area contributed by atoms with Gasteiger partial charge in [-0.15, -0.1) is 0 Å². The summed E-state index contributed by atoms with van der Waals surface area (Å²) in [5.74, 6) is 0.300. The molecule has 1 radical (unpaired) electrons. The minimum absolute atomic E-state index is 0.300. The number of rotatable bonds is 7. The van der Waals surface area contributed by atoms with Crippen molar-refractivity contribution < 1.29 is 4.79 Å². The summed E-state index contributed by atoms with van der Waals surface area (Å²) in [4.78, 5) is 13.4. The molecule has 0 N–H and O–H groups in total. The summed E-state index contributed by atoms with van der Waals surface area (Å²) in [6.07, 6.45) is 4.99. The molecular weight excluding hydrogens is 162 g/mol. The molecule has 0 fully saturated rings. The second-order valence-corrected chi connectivity index (χ2v) is 3.23. The van der Waals surface area contributed by atoms with Crippen LogP contribution in [0.1, 0.15) is 46.0 Å². The third kappa shape index (κ3) is 5.67. The monoisotopic (exact) mass is 184 g/mol. The first-order valence-corrected chi connectivity index (χ1v) is 5.33. The van der Waals surface area contributed by atoms with Crippen molar-refractivity contribution in [2.75, 3.05) is 13.1 Å². The van der Waals surface area contributed by atoms with Crippen LogP contribution in [-0.2, 0) is 4.79 Å². The molecule has 0 aliphatic rings. The highest BCUT2D eigenvalue weighted by molar-refractivity contribution is 5.75. The quantitative estimate of drug-likeness (QED) is 0.557. The standard InChI is InChI=1S/C11H22NO/c1-4-7-8-9-10-11(13)12(5-2)6-3/h1,4-10H2,2-3H3. The molecule has 2 nitrogen and oxygen atoms in total. The number of hydrogen-bond donors (Lipinski definition) is 0. The van der Waals surface area contributed by atoms with Gasteiger partial charge in [-0.3, -0.25) is 4.79 Å². The summed E-state index contributed by atoms with van der Waals surface area (Å²) in [5, 5.41) is 0. The van der Waals surface area contributed by atoms with Crippen LogP contribution in [0.25, 0.3) is 0 Å². The molecule has 0 aliphatic carbocycles. The molecule has 0 heterocycles. The SMILES string of the molecule is [CH2]CCCCCC(=O)N(CC)CC. The van der Waals surface area contributed by atoms with Crippen molar-refractivity contribution in [1.82, 2.24) is 4.90 Å². The van der Waals surface area contributed by atoms with Gasteiger partial charge >= 0.3 is 0 Å². The molecule has 0 atom stereocenters. The topological polar surface area (TPSA) is 20.3 Å². The highest BCUT2D eigenvalue weighted by Gasteiger charge is 2.07. The second-order valence-electron chi connectivity index (χ2n) is 3.23. The number of amides is 1. The smallest absolute Gasteiger partial charge is 0.222 e. The lowest BCUT2D eigenvalue weighted by Gasteiger charge is -2.18. The molecule has 0 aliphatic heterocycles. The van der Waals surface area contributed by atoms with Crippen LogP contribution in [0.3, 0.4) is 0 Å². The molecular formula is C11H22NO. The number of carbonyl (C=O) groups is 1. The normalized spacial score (nSPS) is 10.1. The van der Waals surface area contributed by atoms with Gasteiger partial charge in [0, 0.05) is 19.5 Å². The highest BCUT2D eigenvalue weighted by atomic mass is 16.2. The second kappa shape index (κ2) is 8.09. The predicted octanol–water partition coefficient (Wildman–Crippen LogP) is 2.64. The fourth-order valence-corrected chi connectivity index (χ4v) is 1.36. The number of unbranched alkanes of at least 4 members (excludes halogenated alkanes) is 3. The number of carbonyl (C=O) groups excluding carboxylic acids is 1. The first kappa shape index (κ1) is 12.5. The molecule has 0 saturated heterocycles. The Kier molecular flexibility index (Phi) is 7.76. The van der Waals surface area contributed by atoms with Gasteiger partial charge < -0.3 is 4.90 Å². The zero-order chi connectivity index (χ0) is 10.1. The molecule has 0 aromatic carbocycles. The van der Waals surface area contributed by atoms with Gasteiger partial charge in [0.05, 0.1) is 0 Å². The molecule has 0 aromatic rings. The van der Waals surface area contributed by atoms with Crippen molar-refractivity contribution in [3.8, 4) is 0 Å². The van der Waals surface area contributed by atoms with E-state index in [1.54, 1.807) is 0 Å². The molecule has 13 heavy (non-hydrogen) atoms. The van der Waals surface area contributed by atoms with Crippen LogP contribution in [-0.4, -0.2) is 23.9 Å². The maximum absolute atomic E-state index is 11.5. The summed E-state index contributed by atoms with van der Waals surface area (Å²) in [6.45, 7) is 9.50. The van der Waals surface area contributed by atoms with Gasteiger partial charge in [-0.05, 0) is 20.3 Å². The summed E-state index contributed by atoms with van der Waals surface area (Å²) < 4.78 is 0. The van der Waals surface area contributed by atoms with Crippen molar-refractivity contribution >= 4 is 5.91 Å². The summed E-state index contributed by atoms with van der Waals surface area (Å²) in [6, 6.07) is 0. The molecule has 77 valence electrons. The van der Waals surface area contributed by atoms with E-state index in [2.05, 4.69) is 6.92 Å². The van der Waals surface area contributed by atoms with E-state index in [1.165, 1.54) is 0 Å². The van der Waals surface area contributed by atoms with Crippen LogP contribution in [0.2, 0.25) is 0 Å². The van der Waals surface area contributed by atoms with E-state index < -0.39 is 0 Å². The van der Waals surface area contributed by atoms with E-state index >= 15 is 0 Å². The van der Waals surface area contributed by atoms with Gasteiger partial charge in [0.2, 0.25) is 5.91 Å². The lowest BCUT2D eigenvalue weighted by molar-refractivity contribution is -0.130. The van der Waals surface area contributed by atoms with E-state index in [0.717, 1.165) is 38.8 Å². The fraction of sp³-hybridized carbons (Fsp3) is 0.818. The molecule has 0 bridgehead atoms. The number of nitrogens with zero attached hydrogens (tertiary/aromatic N) is 1. The van der Waals surface area contributed by atoms with Crippen LogP contribution < -0.4 is 0 Å². The zero-order valence-electron chi connectivity index (χ0n) is 9.01. The van der Waals surface area contributed by atoms with E-state index in [9.17, 15) is 4.79 Å². The Morgan fingerprint density at radius 2 is 1.77 bits per heavy atom. The predicted molar refractivity (Wildman–Crippen MR) is 56.4 cm³/mol. The third-order valence-electron chi connectivity index (χ3n) is 2.26. The Morgan fingerprint density at radius 1 is 1.15 bits per heavy atom. The maximum atomic E-state index is 11.5. The van der Waals surface area contributed by atoms with E-state index in [4.69, 9.17) is 0 Å². The molecule has 0 unspecified atom stereocenters. The maximum Gasteiger partial charge on any atom is 0.222 e. The van der Waals surface area contributed by atoms with Crippen molar-refractivity contribution in [2.24, 2.45) is 0 Å². The lowest BCUT2D eigenvalue weighted by Crippen LogP contribution is -2.30. The van der Waals surface area contributed by atoms with Crippen LogP contribution in [0.5, 0.6) is 0 Å². The van der Waals surface area contributed by atoms with Gasteiger partial charge in [-0.2, -0.15) is 0 Å². The summed E-state index contributed by atoms with van der Waals surface area (Å²) in [7, 11) is 0. The van der Waals surface area contributed by atoms with Gasteiger partial charge in [0.1, 0.15) is 0 Å². The minimum atomic E-state index is 0.300. The summed E-state index contributed by atoms with van der Waals surface area (Å²) >= 11 is 0. The van der Waals surface area contributed by atoms with Crippen LogP contribution in [0.4, 0.5) is 0 Å². The molecule has 0 aromatic heterocycles. The Morgan fingerprint density at radius 3 is 2.23 bits per heavy atom. The largest absolute Gasteiger partial charge is 0.343 e. The third-order valence-corrected chi connectivity index (χ3v) is 2.26. The van der Waals surface area contributed by atoms with E-state index in [1.807, 2.05) is 18.7 Å². The molecule has 0 spiro atoms. The van der Waals surface area contributed by atoms with Gasteiger partial charge in [0.15, 0.2) is 0 Å². The van der Waals surface area contributed by atoms with E-state index in [-0.39, 0.29) is 0 Å². The van der Waals surface area contributed by atoms with E-state index in [0.29, 0.717) is 12.3 Å². The van der Waals surface area contributed by atoms with Gasteiger partial charge in [-0.25, -0.2) is 0 Å². The average Bonchev–Trinajstić information content (AvgIpc) is 2.14. The van der Waals surface area contributed by atoms with Crippen molar-refractivity contribution in [1.29, 1.82) is 0 Å². The van der Waals surface area contributed by atoms with Crippen LogP contribution in [0, 0.1) is 6.92 Å². The van der Waals surface area contributed by atoms with Crippen LogP contribution in [0.15, 0.2) is 0 Å². The first-order chi connectivity index (χ1) is 6.26. The van der Waals surface area contributed by atoms with Crippen molar-refractivity contribution in [3.63, 3.8) is 0 Å². The minimum Gasteiger partial charge on any atom is -0.343 e. The fourth-order valence-electron chi connectivity index (χ4n) is 1.36. The first-order valence-electron chi connectivity index (χ1n) is 5.33. The van der Waals surface area contributed by atoms with Crippen LogP contribution >= 0.6 is 0 Å². The average molecular weight is 184 g/mol. The molecule has 0 saturated carbocycles.